The lowest BCUT2D eigenvalue weighted by Crippen LogP contribution is -2.58. The first kappa shape index (κ1) is 14.0. The number of phenols is 1. The van der Waals surface area contributed by atoms with E-state index in [4.69, 9.17) is 16.3 Å². The number of hydrogen-bond donors (Lipinski definition) is 2. The van der Waals surface area contributed by atoms with Gasteiger partial charge in [-0.2, -0.15) is 0 Å². The zero-order valence-corrected chi connectivity index (χ0v) is 12.3. The number of phenolic OH excluding ortho intramolecular Hbond substituents is 1. The smallest absolute Gasteiger partial charge is 0.176 e. The SMILES string of the molecule is COc1cc(CC2C(O)C3CCN2CC3)cc(Cl)c1O. The van der Waals surface area contributed by atoms with Crippen molar-refractivity contribution in [1.29, 1.82) is 0 Å². The first-order chi connectivity index (χ1) is 9.60. The van der Waals surface area contributed by atoms with Crippen molar-refractivity contribution in [3.8, 4) is 11.5 Å². The zero-order chi connectivity index (χ0) is 14.3. The monoisotopic (exact) mass is 297 g/mol. The quantitative estimate of drug-likeness (QED) is 0.896. The number of fused-ring (bicyclic) bond motifs is 3. The number of nitrogens with zero attached hydrogens (tertiary/aromatic N) is 1. The van der Waals surface area contributed by atoms with Gasteiger partial charge in [-0.3, -0.25) is 4.90 Å². The maximum atomic E-state index is 10.4. The van der Waals surface area contributed by atoms with E-state index in [0.717, 1.165) is 37.9 Å². The average Bonchev–Trinajstić information content (AvgIpc) is 2.46. The average molecular weight is 298 g/mol. The molecule has 3 aliphatic rings. The maximum Gasteiger partial charge on any atom is 0.176 e. The molecule has 3 saturated heterocycles. The molecular weight excluding hydrogens is 278 g/mol. The Labute approximate surface area is 123 Å². The first-order valence-electron chi connectivity index (χ1n) is 7.07. The van der Waals surface area contributed by atoms with Crippen molar-refractivity contribution in [2.24, 2.45) is 5.92 Å². The summed E-state index contributed by atoms with van der Waals surface area (Å²) in [6, 6.07) is 3.71. The minimum Gasteiger partial charge on any atom is -0.503 e. The van der Waals surface area contributed by atoms with Crippen molar-refractivity contribution in [2.75, 3.05) is 20.2 Å². The van der Waals surface area contributed by atoms with Crippen LogP contribution in [0.1, 0.15) is 18.4 Å². The Balaban J connectivity index is 1.82. The molecule has 20 heavy (non-hydrogen) atoms. The van der Waals surface area contributed by atoms with Crippen LogP contribution in [0.5, 0.6) is 11.5 Å². The molecule has 5 heteroatoms. The van der Waals surface area contributed by atoms with E-state index in [2.05, 4.69) is 4.90 Å². The predicted octanol–water partition coefficient (Wildman–Crippen LogP) is 2.05. The van der Waals surface area contributed by atoms with E-state index in [1.165, 1.54) is 7.11 Å². The normalized spacial score (nSPS) is 32.4. The minimum atomic E-state index is -0.268. The van der Waals surface area contributed by atoms with Gasteiger partial charge in [0.2, 0.25) is 0 Å². The van der Waals surface area contributed by atoms with E-state index in [0.29, 0.717) is 16.7 Å². The fourth-order valence-corrected chi connectivity index (χ4v) is 3.75. The molecule has 0 aliphatic carbocycles. The lowest BCUT2D eigenvalue weighted by Gasteiger charge is -2.49. The summed E-state index contributed by atoms with van der Waals surface area (Å²) in [5.41, 5.74) is 0.987. The highest BCUT2D eigenvalue weighted by molar-refractivity contribution is 6.32. The molecule has 1 aromatic carbocycles. The highest BCUT2D eigenvalue weighted by Gasteiger charge is 2.41. The van der Waals surface area contributed by atoms with Crippen molar-refractivity contribution < 1.29 is 14.9 Å². The van der Waals surface area contributed by atoms with Crippen molar-refractivity contribution in [3.63, 3.8) is 0 Å². The molecule has 4 nitrogen and oxygen atoms in total. The first-order valence-corrected chi connectivity index (χ1v) is 7.45. The molecule has 3 aliphatic heterocycles. The molecular formula is C15H20ClNO3. The summed E-state index contributed by atoms with van der Waals surface area (Å²) < 4.78 is 5.13. The van der Waals surface area contributed by atoms with E-state index >= 15 is 0 Å². The Morgan fingerprint density at radius 3 is 2.65 bits per heavy atom. The summed E-state index contributed by atoms with van der Waals surface area (Å²) in [5, 5.41) is 20.5. The largest absolute Gasteiger partial charge is 0.503 e. The third-order valence-electron chi connectivity index (χ3n) is 4.67. The Bertz CT molecular complexity index is 498. The van der Waals surface area contributed by atoms with Gasteiger partial charge in [-0.1, -0.05) is 11.6 Å². The van der Waals surface area contributed by atoms with Gasteiger partial charge in [0, 0.05) is 6.04 Å². The number of methoxy groups -OCH3 is 1. The number of halogens is 1. The number of benzene rings is 1. The van der Waals surface area contributed by atoms with Crippen LogP contribution in [0.25, 0.3) is 0 Å². The molecule has 2 unspecified atom stereocenters. The maximum absolute atomic E-state index is 10.4. The van der Waals surface area contributed by atoms with E-state index in [9.17, 15) is 10.2 Å². The van der Waals surface area contributed by atoms with Gasteiger partial charge >= 0.3 is 0 Å². The second-order valence-corrected chi connectivity index (χ2v) is 6.17. The van der Waals surface area contributed by atoms with Crippen LogP contribution in [0, 0.1) is 5.92 Å². The number of aliphatic hydroxyl groups is 1. The summed E-state index contributed by atoms with van der Waals surface area (Å²) in [5.74, 6) is 0.793. The lowest BCUT2D eigenvalue weighted by atomic mass is 9.78. The third kappa shape index (κ3) is 2.36. The number of hydrogen-bond acceptors (Lipinski definition) is 4. The fraction of sp³-hybridized carbons (Fsp3) is 0.600. The van der Waals surface area contributed by atoms with Crippen LogP contribution in [-0.2, 0) is 6.42 Å². The van der Waals surface area contributed by atoms with E-state index < -0.39 is 0 Å². The summed E-state index contributed by atoms with van der Waals surface area (Å²) in [6.45, 7) is 2.13. The molecule has 2 N–H and O–H groups in total. The summed E-state index contributed by atoms with van der Waals surface area (Å²) >= 11 is 6.02. The molecule has 0 aromatic heterocycles. The van der Waals surface area contributed by atoms with Gasteiger partial charge in [0.25, 0.3) is 0 Å². The van der Waals surface area contributed by atoms with Crippen molar-refractivity contribution >= 4 is 11.6 Å². The number of ether oxygens (including phenoxy) is 1. The zero-order valence-electron chi connectivity index (χ0n) is 11.6. The molecule has 3 fully saturated rings. The molecule has 1 aromatic rings. The van der Waals surface area contributed by atoms with Crippen LogP contribution in [-0.4, -0.2) is 47.5 Å². The van der Waals surface area contributed by atoms with Gasteiger partial charge in [0.1, 0.15) is 0 Å². The van der Waals surface area contributed by atoms with Gasteiger partial charge in [-0.05, 0) is 56.0 Å². The molecule has 2 atom stereocenters. The van der Waals surface area contributed by atoms with Crippen LogP contribution in [0.2, 0.25) is 5.02 Å². The summed E-state index contributed by atoms with van der Waals surface area (Å²) in [4.78, 5) is 2.36. The van der Waals surface area contributed by atoms with E-state index in [1.807, 2.05) is 0 Å². The molecule has 0 radical (unpaired) electrons. The molecule has 0 saturated carbocycles. The van der Waals surface area contributed by atoms with Gasteiger partial charge in [-0.15, -0.1) is 0 Å². The highest BCUT2D eigenvalue weighted by atomic mass is 35.5. The third-order valence-corrected chi connectivity index (χ3v) is 4.96. The molecule has 3 heterocycles. The second kappa shape index (κ2) is 5.43. The van der Waals surface area contributed by atoms with Crippen LogP contribution in [0.3, 0.4) is 0 Å². The molecule has 0 spiro atoms. The minimum absolute atomic E-state index is 0.0241. The molecule has 0 amide bonds. The van der Waals surface area contributed by atoms with Crippen LogP contribution in [0.4, 0.5) is 0 Å². The summed E-state index contributed by atoms with van der Waals surface area (Å²) in [6.07, 6.45) is 2.65. The number of rotatable bonds is 3. The van der Waals surface area contributed by atoms with Crippen molar-refractivity contribution in [3.05, 3.63) is 22.7 Å². The number of piperidine rings is 3. The van der Waals surface area contributed by atoms with E-state index in [-0.39, 0.29) is 17.9 Å². The van der Waals surface area contributed by atoms with Gasteiger partial charge in [-0.25, -0.2) is 0 Å². The molecule has 2 bridgehead atoms. The Morgan fingerprint density at radius 1 is 1.35 bits per heavy atom. The van der Waals surface area contributed by atoms with Gasteiger partial charge < -0.3 is 14.9 Å². The molecule has 110 valence electrons. The lowest BCUT2D eigenvalue weighted by molar-refractivity contribution is -0.0715. The Morgan fingerprint density at radius 2 is 2.05 bits per heavy atom. The topological polar surface area (TPSA) is 52.9 Å². The van der Waals surface area contributed by atoms with Crippen molar-refractivity contribution in [1.82, 2.24) is 4.90 Å². The predicted molar refractivity (Wildman–Crippen MR) is 77.5 cm³/mol. The van der Waals surface area contributed by atoms with Gasteiger partial charge in [0.05, 0.1) is 18.2 Å². The highest BCUT2D eigenvalue weighted by Crippen LogP contribution is 2.38. The van der Waals surface area contributed by atoms with Crippen LogP contribution in [0.15, 0.2) is 12.1 Å². The number of aromatic hydroxyl groups is 1. The van der Waals surface area contributed by atoms with Crippen molar-refractivity contribution in [2.45, 2.75) is 31.4 Å². The number of aliphatic hydroxyl groups excluding tert-OH is 1. The van der Waals surface area contributed by atoms with Crippen LogP contribution < -0.4 is 4.74 Å². The molecule has 4 rings (SSSR count). The second-order valence-electron chi connectivity index (χ2n) is 5.76. The standard InChI is InChI=1S/C15H20ClNO3/c1-20-13-8-9(6-11(16)15(13)19)7-12-14(18)10-2-4-17(12)5-3-10/h6,8,10,12,14,18-19H,2-5,7H2,1H3. The Hall–Kier alpha value is -0.970. The fourth-order valence-electron chi connectivity index (χ4n) is 3.51. The Kier molecular flexibility index (Phi) is 3.80. The summed E-state index contributed by atoms with van der Waals surface area (Å²) in [7, 11) is 1.51. The van der Waals surface area contributed by atoms with Crippen LogP contribution >= 0.6 is 11.6 Å². The van der Waals surface area contributed by atoms with Gasteiger partial charge in [0.15, 0.2) is 11.5 Å². The van der Waals surface area contributed by atoms with E-state index in [1.54, 1.807) is 12.1 Å².